The van der Waals surface area contributed by atoms with Crippen molar-refractivity contribution < 1.29 is 14.3 Å². The zero-order chi connectivity index (χ0) is 19.2. The van der Waals surface area contributed by atoms with Gasteiger partial charge in [-0.2, -0.15) is 0 Å². The van der Waals surface area contributed by atoms with Gasteiger partial charge in [0.2, 0.25) is 5.91 Å². The van der Waals surface area contributed by atoms with E-state index < -0.39 is 0 Å². The van der Waals surface area contributed by atoms with Crippen molar-refractivity contribution in [3.63, 3.8) is 0 Å². The molecule has 0 spiro atoms. The first-order valence-electron chi connectivity index (χ1n) is 9.39. The Balaban J connectivity index is 1.58. The Hall–Kier alpha value is -2.14. The van der Waals surface area contributed by atoms with Gasteiger partial charge in [-0.15, -0.1) is 0 Å². The average Bonchev–Trinajstić information content (AvgIpc) is 3.17. The second-order valence-electron chi connectivity index (χ2n) is 6.68. The summed E-state index contributed by atoms with van der Waals surface area (Å²) in [5.41, 5.74) is 1.77. The fourth-order valence-corrected chi connectivity index (χ4v) is 3.95. The summed E-state index contributed by atoms with van der Waals surface area (Å²) >= 11 is 3.50. The van der Waals surface area contributed by atoms with Crippen LogP contribution in [0.15, 0.2) is 53.0 Å². The highest BCUT2D eigenvalue weighted by molar-refractivity contribution is 9.10. The topological polar surface area (TPSA) is 46.6 Å². The molecule has 0 aromatic heterocycles. The molecular weight excluding hydrogens is 406 g/mol. The summed E-state index contributed by atoms with van der Waals surface area (Å²) in [7, 11) is 0. The third-order valence-electron chi connectivity index (χ3n) is 4.86. The molecule has 0 radical (unpaired) electrons. The number of hydrogen-bond acceptors (Lipinski definition) is 3. The lowest BCUT2D eigenvalue weighted by Gasteiger charge is -2.25. The quantitative estimate of drug-likeness (QED) is 0.569. The van der Waals surface area contributed by atoms with Crippen LogP contribution >= 0.6 is 15.9 Å². The van der Waals surface area contributed by atoms with Crippen LogP contribution in [-0.2, 0) is 4.79 Å². The Labute approximate surface area is 168 Å². The molecule has 1 fully saturated rings. The van der Waals surface area contributed by atoms with Gasteiger partial charge in [-0.3, -0.25) is 9.59 Å². The highest BCUT2D eigenvalue weighted by Gasteiger charge is 2.30. The second-order valence-corrected chi connectivity index (χ2v) is 7.60. The van der Waals surface area contributed by atoms with E-state index in [1.54, 1.807) is 24.3 Å². The van der Waals surface area contributed by atoms with Crippen molar-refractivity contribution in [2.24, 2.45) is 0 Å². The van der Waals surface area contributed by atoms with Crippen molar-refractivity contribution in [1.82, 2.24) is 4.90 Å². The minimum absolute atomic E-state index is 0.00963. The van der Waals surface area contributed by atoms with Crippen LogP contribution in [0.5, 0.6) is 5.75 Å². The van der Waals surface area contributed by atoms with E-state index >= 15 is 0 Å². The maximum Gasteiger partial charge on any atom is 0.223 e. The van der Waals surface area contributed by atoms with Crippen LogP contribution in [0, 0.1) is 0 Å². The van der Waals surface area contributed by atoms with E-state index in [4.69, 9.17) is 4.74 Å². The monoisotopic (exact) mass is 429 g/mol. The number of nitrogens with zero attached hydrogens (tertiary/aromatic N) is 1. The summed E-state index contributed by atoms with van der Waals surface area (Å²) in [6.07, 6.45) is 2.44. The number of rotatable bonds is 7. The highest BCUT2D eigenvalue weighted by atomic mass is 79.9. The standard InChI is InChI=1S/C22H24BrNO3/c1-2-27-19-10-8-16(9-11-19)21(25)12-13-22(26)24-14-4-7-20(24)17-5-3-6-18(23)15-17/h3,5-6,8-11,15,20H,2,4,7,12-14H2,1H3. The van der Waals surface area contributed by atoms with E-state index in [-0.39, 0.29) is 30.6 Å². The minimum Gasteiger partial charge on any atom is -0.494 e. The fourth-order valence-electron chi connectivity index (χ4n) is 3.54. The Kier molecular flexibility index (Phi) is 6.67. The van der Waals surface area contributed by atoms with E-state index in [0.717, 1.165) is 35.2 Å². The number of amides is 1. The van der Waals surface area contributed by atoms with Gasteiger partial charge in [-0.1, -0.05) is 28.1 Å². The van der Waals surface area contributed by atoms with E-state index in [0.29, 0.717) is 12.2 Å². The summed E-state index contributed by atoms with van der Waals surface area (Å²) in [5, 5.41) is 0. The van der Waals surface area contributed by atoms with Crippen molar-refractivity contribution in [2.75, 3.05) is 13.2 Å². The largest absolute Gasteiger partial charge is 0.494 e. The van der Waals surface area contributed by atoms with Gasteiger partial charge < -0.3 is 9.64 Å². The number of hydrogen-bond donors (Lipinski definition) is 0. The molecule has 2 aromatic carbocycles. The lowest BCUT2D eigenvalue weighted by Crippen LogP contribution is -2.30. The Morgan fingerprint density at radius 1 is 1.15 bits per heavy atom. The lowest BCUT2D eigenvalue weighted by atomic mass is 10.0. The normalized spacial score (nSPS) is 16.4. The number of carbonyl (C=O) groups is 2. The first kappa shape index (κ1) is 19.6. The summed E-state index contributed by atoms with van der Waals surface area (Å²) in [6, 6.07) is 15.3. The number of halogens is 1. The first-order valence-corrected chi connectivity index (χ1v) is 10.2. The van der Waals surface area contributed by atoms with Crippen molar-refractivity contribution >= 4 is 27.6 Å². The summed E-state index contributed by atoms with van der Waals surface area (Å²) in [5.74, 6) is 0.792. The van der Waals surface area contributed by atoms with Gasteiger partial charge in [0.25, 0.3) is 0 Å². The second kappa shape index (κ2) is 9.18. The molecule has 1 heterocycles. The molecule has 2 aromatic rings. The lowest BCUT2D eigenvalue weighted by molar-refractivity contribution is -0.132. The SMILES string of the molecule is CCOc1ccc(C(=O)CCC(=O)N2CCCC2c2cccc(Br)c2)cc1. The third-order valence-corrected chi connectivity index (χ3v) is 5.35. The van der Waals surface area contributed by atoms with Gasteiger partial charge >= 0.3 is 0 Å². The molecule has 1 amide bonds. The Morgan fingerprint density at radius 3 is 2.63 bits per heavy atom. The van der Waals surface area contributed by atoms with Crippen LogP contribution in [0.25, 0.3) is 0 Å². The van der Waals surface area contributed by atoms with Crippen LogP contribution in [0.2, 0.25) is 0 Å². The third kappa shape index (κ3) is 4.98. The molecule has 1 unspecified atom stereocenters. The molecule has 0 aliphatic carbocycles. The number of ether oxygens (including phenoxy) is 1. The van der Waals surface area contributed by atoms with Crippen molar-refractivity contribution in [2.45, 2.75) is 38.6 Å². The molecule has 0 bridgehead atoms. The van der Waals surface area contributed by atoms with Crippen molar-refractivity contribution in [1.29, 1.82) is 0 Å². The molecule has 3 rings (SSSR count). The minimum atomic E-state index is -0.00963. The molecule has 1 saturated heterocycles. The maximum absolute atomic E-state index is 12.7. The first-order chi connectivity index (χ1) is 13.1. The predicted molar refractivity (Wildman–Crippen MR) is 109 cm³/mol. The van der Waals surface area contributed by atoms with Crippen LogP contribution in [0.1, 0.15) is 54.6 Å². The molecule has 5 heteroatoms. The molecule has 27 heavy (non-hydrogen) atoms. The van der Waals surface area contributed by atoms with E-state index in [9.17, 15) is 9.59 Å². The molecule has 1 aliphatic heterocycles. The van der Waals surface area contributed by atoms with Crippen molar-refractivity contribution in [3.05, 3.63) is 64.1 Å². The molecule has 0 N–H and O–H groups in total. The number of carbonyl (C=O) groups excluding carboxylic acids is 2. The highest BCUT2D eigenvalue weighted by Crippen LogP contribution is 2.33. The zero-order valence-corrected chi connectivity index (χ0v) is 17.1. The van der Waals surface area contributed by atoms with Gasteiger partial charge in [0, 0.05) is 29.4 Å². The van der Waals surface area contributed by atoms with E-state index in [2.05, 4.69) is 28.1 Å². The molecule has 1 aliphatic rings. The van der Waals surface area contributed by atoms with Crippen molar-refractivity contribution in [3.8, 4) is 5.75 Å². The summed E-state index contributed by atoms with van der Waals surface area (Å²) in [6.45, 7) is 3.27. The molecule has 4 nitrogen and oxygen atoms in total. The number of Topliss-reactive ketones (excluding diaryl/α,β-unsaturated/α-hetero) is 1. The Bertz CT molecular complexity index is 803. The van der Waals surface area contributed by atoms with Crippen LogP contribution < -0.4 is 4.74 Å². The van der Waals surface area contributed by atoms with Gasteiger partial charge in [0.15, 0.2) is 5.78 Å². The van der Waals surface area contributed by atoms with E-state index in [1.807, 2.05) is 24.0 Å². The van der Waals surface area contributed by atoms with Crippen LogP contribution in [0.4, 0.5) is 0 Å². The zero-order valence-electron chi connectivity index (χ0n) is 15.5. The molecule has 142 valence electrons. The smallest absolute Gasteiger partial charge is 0.223 e. The average molecular weight is 430 g/mol. The fraction of sp³-hybridized carbons (Fsp3) is 0.364. The van der Waals surface area contributed by atoms with Gasteiger partial charge in [0.1, 0.15) is 5.75 Å². The predicted octanol–water partition coefficient (Wildman–Crippen LogP) is 5.17. The number of likely N-dealkylation sites (tertiary alicyclic amines) is 1. The van der Waals surface area contributed by atoms with Crippen LogP contribution in [-0.4, -0.2) is 29.7 Å². The van der Waals surface area contributed by atoms with Gasteiger partial charge in [0.05, 0.1) is 12.6 Å². The number of ketones is 1. The summed E-state index contributed by atoms with van der Waals surface area (Å²) in [4.78, 5) is 27.1. The Morgan fingerprint density at radius 2 is 1.93 bits per heavy atom. The van der Waals surface area contributed by atoms with Crippen LogP contribution in [0.3, 0.4) is 0 Å². The van der Waals surface area contributed by atoms with Gasteiger partial charge in [-0.05, 0) is 61.7 Å². The van der Waals surface area contributed by atoms with E-state index in [1.165, 1.54) is 0 Å². The molecule has 0 saturated carbocycles. The van der Waals surface area contributed by atoms with Gasteiger partial charge in [-0.25, -0.2) is 0 Å². The molecular formula is C22H24BrNO3. The summed E-state index contributed by atoms with van der Waals surface area (Å²) < 4.78 is 6.41. The maximum atomic E-state index is 12.7. The number of benzene rings is 2. The molecule has 1 atom stereocenters.